The highest BCUT2D eigenvalue weighted by Gasteiger charge is 2.18. The van der Waals surface area contributed by atoms with E-state index in [1.54, 1.807) is 11.7 Å². The molecule has 0 aliphatic heterocycles. The summed E-state index contributed by atoms with van der Waals surface area (Å²) in [4.78, 5) is 12.2. The van der Waals surface area contributed by atoms with Gasteiger partial charge in [-0.2, -0.15) is 0 Å². The molecule has 1 unspecified atom stereocenters. The van der Waals surface area contributed by atoms with Crippen molar-refractivity contribution in [2.24, 2.45) is 7.05 Å². The zero-order valence-corrected chi connectivity index (χ0v) is 18.1. The van der Waals surface area contributed by atoms with Gasteiger partial charge in [-0.05, 0) is 49.4 Å². The number of benzene rings is 2. The molecule has 3 aromatic rings. The molecule has 7 nitrogen and oxygen atoms in total. The fourth-order valence-corrected chi connectivity index (χ4v) is 3.52. The number of carbonyl (C=O) groups excluding carboxylic acids is 1. The third-order valence-corrected chi connectivity index (χ3v) is 5.45. The number of thioether (sulfide) groups is 1. The lowest BCUT2D eigenvalue weighted by atomic mass is 10.3. The number of aromatic nitrogens is 3. The number of ether oxygens (including phenoxy) is 2. The zero-order valence-electron chi connectivity index (χ0n) is 16.6. The number of carbonyl (C=O) groups is 1. The van der Waals surface area contributed by atoms with Gasteiger partial charge in [-0.1, -0.05) is 23.4 Å². The lowest BCUT2D eigenvalue weighted by Gasteiger charge is -2.14. The van der Waals surface area contributed by atoms with Gasteiger partial charge >= 0.3 is 0 Å². The molecule has 0 radical (unpaired) electrons. The van der Waals surface area contributed by atoms with Crippen LogP contribution in [0, 0.1) is 5.82 Å². The van der Waals surface area contributed by atoms with Crippen molar-refractivity contribution in [3.8, 4) is 11.5 Å². The molecule has 1 heterocycles. The molecule has 1 N–H and O–H groups in total. The Bertz CT molecular complexity index is 1030. The molecule has 10 heteroatoms. The monoisotopic (exact) mass is 450 g/mol. The van der Waals surface area contributed by atoms with Gasteiger partial charge in [-0.15, -0.1) is 10.2 Å². The number of nitrogens with one attached hydrogen (secondary N) is 1. The summed E-state index contributed by atoms with van der Waals surface area (Å²) in [5.41, 5.74) is 0.423. The minimum Gasteiger partial charge on any atom is -0.497 e. The van der Waals surface area contributed by atoms with Crippen molar-refractivity contribution >= 4 is 35.0 Å². The maximum absolute atomic E-state index is 13.2. The van der Waals surface area contributed by atoms with Crippen LogP contribution in [0.3, 0.4) is 0 Å². The molecule has 1 aromatic heterocycles. The van der Waals surface area contributed by atoms with Crippen molar-refractivity contribution < 1.29 is 18.7 Å². The van der Waals surface area contributed by atoms with E-state index in [4.69, 9.17) is 21.1 Å². The summed E-state index contributed by atoms with van der Waals surface area (Å²) in [6, 6.07) is 11.3. The summed E-state index contributed by atoms with van der Waals surface area (Å²) in [7, 11) is 3.41. The van der Waals surface area contributed by atoms with E-state index in [-0.39, 0.29) is 22.8 Å². The van der Waals surface area contributed by atoms with Crippen LogP contribution < -0.4 is 14.8 Å². The summed E-state index contributed by atoms with van der Waals surface area (Å²) >= 11 is 6.95. The molecular formula is C20H20ClFN4O3S. The Balaban J connectivity index is 1.57. The van der Waals surface area contributed by atoms with Crippen molar-refractivity contribution in [3.05, 3.63) is 59.1 Å². The highest BCUT2D eigenvalue weighted by Crippen LogP contribution is 2.25. The third kappa shape index (κ3) is 5.43. The van der Waals surface area contributed by atoms with Crippen LogP contribution in [0.1, 0.15) is 18.9 Å². The minimum absolute atomic E-state index is 0.0516. The van der Waals surface area contributed by atoms with Gasteiger partial charge in [0.1, 0.15) is 17.3 Å². The number of nitrogens with zero attached hydrogens (tertiary/aromatic N) is 3. The molecule has 30 heavy (non-hydrogen) atoms. The summed E-state index contributed by atoms with van der Waals surface area (Å²) in [6.07, 6.45) is -0.347. The van der Waals surface area contributed by atoms with Crippen LogP contribution in [0.15, 0.2) is 47.6 Å². The van der Waals surface area contributed by atoms with E-state index in [9.17, 15) is 9.18 Å². The van der Waals surface area contributed by atoms with Crippen LogP contribution in [-0.4, -0.2) is 33.5 Å². The highest BCUT2D eigenvalue weighted by molar-refractivity contribution is 7.99. The second kappa shape index (κ2) is 9.82. The summed E-state index contributed by atoms with van der Waals surface area (Å²) in [5, 5.41) is 11.5. The molecule has 0 spiro atoms. The topological polar surface area (TPSA) is 78.3 Å². The van der Waals surface area contributed by atoms with Crippen LogP contribution in [0.2, 0.25) is 5.02 Å². The van der Waals surface area contributed by atoms with Crippen molar-refractivity contribution in [2.75, 3.05) is 18.2 Å². The molecule has 158 valence electrons. The van der Waals surface area contributed by atoms with Gasteiger partial charge in [0.25, 0.3) is 0 Å². The Hall–Kier alpha value is -2.78. The SMILES string of the molecule is COc1ccc(OC(C)c2nnc(SCC(=O)Nc3ccc(F)c(Cl)c3)n2C)cc1. The number of hydrogen-bond donors (Lipinski definition) is 1. The lowest BCUT2D eigenvalue weighted by molar-refractivity contribution is -0.113. The smallest absolute Gasteiger partial charge is 0.234 e. The van der Waals surface area contributed by atoms with E-state index in [1.807, 2.05) is 38.2 Å². The van der Waals surface area contributed by atoms with Crippen LogP contribution in [0.25, 0.3) is 0 Å². The second-order valence-corrected chi connectivity index (χ2v) is 7.65. The quantitative estimate of drug-likeness (QED) is 0.509. The van der Waals surface area contributed by atoms with E-state index in [1.165, 1.54) is 30.0 Å². The van der Waals surface area contributed by atoms with Crippen molar-refractivity contribution in [2.45, 2.75) is 18.2 Å². The Kier molecular flexibility index (Phi) is 7.17. The molecule has 0 aliphatic rings. The average Bonchev–Trinajstić information content (AvgIpc) is 3.10. The highest BCUT2D eigenvalue weighted by atomic mass is 35.5. The number of methoxy groups -OCH3 is 1. The number of anilines is 1. The second-order valence-electron chi connectivity index (χ2n) is 6.30. The lowest BCUT2D eigenvalue weighted by Crippen LogP contribution is -2.15. The molecule has 1 atom stereocenters. The molecule has 0 saturated heterocycles. The van der Waals surface area contributed by atoms with Gasteiger partial charge in [0, 0.05) is 12.7 Å². The Morgan fingerprint density at radius 2 is 1.93 bits per heavy atom. The Labute approximate surface area is 182 Å². The molecule has 0 saturated carbocycles. The molecule has 0 bridgehead atoms. The van der Waals surface area contributed by atoms with Crippen molar-refractivity contribution in [3.63, 3.8) is 0 Å². The van der Waals surface area contributed by atoms with Gasteiger partial charge in [0.05, 0.1) is 17.9 Å². The number of hydrogen-bond acceptors (Lipinski definition) is 6. The molecule has 3 rings (SSSR count). The maximum atomic E-state index is 13.2. The largest absolute Gasteiger partial charge is 0.497 e. The van der Waals surface area contributed by atoms with Gasteiger partial charge in [-0.3, -0.25) is 4.79 Å². The van der Waals surface area contributed by atoms with Gasteiger partial charge < -0.3 is 19.4 Å². The van der Waals surface area contributed by atoms with Crippen molar-refractivity contribution in [1.29, 1.82) is 0 Å². The van der Waals surface area contributed by atoms with Gasteiger partial charge in [0.2, 0.25) is 5.91 Å². The predicted octanol–water partition coefficient (Wildman–Crippen LogP) is 4.49. The Morgan fingerprint density at radius 3 is 2.60 bits per heavy atom. The van der Waals surface area contributed by atoms with Crippen LogP contribution in [-0.2, 0) is 11.8 Å². The molecule has 2 aromatic carbocycles. The maximum Gasteiger partial charge on any atom is 0.234 e. The summed E-state index contributed by atoms with van der Waals surface area (Å²) in [6.45, 7) is 1.87. The minimum atomic E-state index is -0.540. The molecule has 1 amide bonds. The standard InChI is InChI=1S/C20H20ClFN4O3S/c1-12(29-15-7-5-14(28-3)6-8-15)19-24-25-20(26(19)2)30-11-18(27)23-13-4-9-17(22)16(21)10-13/h4-10,12H,11H2,1-3H3,(H,23,27). The molecule has 0 fully saturated rings. The number of amides is 1. The van der Waals surface area contributed by atoms with E-state index >= 15 is 0 Å². The summed E-state index contributed by atoms with van der Waals surface area (Å²) in [5.74, 6) is 1.34. The van der Waals surface area contributed by atoms with Gasteiger partial charge in [0.15, 0.2) is 17.1 Å². The summed E-state index contributed by atoms with van der Waals surface area (Å²) < 4.78 is 26.0. The average molecular weight is 451 g/mol. The number of halogens is 2. The van der Waals surface area contributed by atoms with Crippen LogP contribution >= 0.6 is 23.4 Å². The van der Waals surface area contributed by atoms with E-state index in [0.717, 1.165) is 5.75 Å². The number of rotatable bonds is 8. The van der Waals surface area contributed by atoms with Gasteiger partial charge in [-0.25, -0.2) is 4.39 Å². The predicted molar refractivity (Wildman–Crippen MR) is 114 cm³/mol. The third-order valence-electron chi connectivity index (χ3n) is 4.14. The first-order valence-electron chi connectivity index (χ1n) is 8.95. The van der Waals surface area contributed by atoms with E-state index in [2.05, 4.69) is 15.5 Å². The first-order chi connectivity index (χ1) is 14.4. The van der Waals surface area contributed by atoms with E-state index in [0.29, 0.717) is 22.4 Å². The molecular weight excluding hydrogens is 431 g/mol. The fourth-order valence-electron chi connectivity index (χ4n) is 2.62. The first kappa shape index (κ1) is 21.9. The normalized spacial score (nSPS) is 11.8. The van der Waals surface area contributed by atoms with Crippen molar-refractivity contribution in [1.82, 2.24) is 14.8 Å². The molecule has 0 aliphatic carbocycles. The first-order valence-corrected chi connectivity index (χ1v) is 10.3. The Morgan fingerprint density at radius 1 is 1.23 bits per heavy atom. The van der Waals surface area contributed by atoms with E-state index < -0.39 is 5.82 Å². The zero-order chi connectivity index (χ0) is 21.7. The fraction of sp³-hybridized carbons (Fsp3) is 0.250. The van der Waals surface area contributed by atoms with Crippen LogP contribution in [0.5, 0.6) is 11.5 Å². The van der Waals surface area contributed by atoms with Crippen LogP contribution in [0.4, 0.5) is 10.1 Å².